The van der Waals surface area contributed by atoms with Gasteiger partial charge in [0, 0.05) is 12.5 Å². The molecule has 1 amide bonds. The molecule has 12 heavy (non-hydrogen) atoms. The standard InChI is InChI=1S/C8H17NO.C2H6/c1-4-5-6-8(10)9-7(2)3;1-2/h7H,4-6H2,1-3H3,(H,9,10);1-2H3. The fraction of sp³-hybridized carbons (Fsp3) is 0.900. The fourth-order valence-electron chi connectivity index (χ4n) is 0.731. The Morgan fingerprint density at radius 3 is 2.17 bits per heavy atom. The van der Waals surface area contributed by atoms with Crippen LogP contribution in [0.4, 0.5) is 0 Å². The van der Waals surface area contributed by atoms with Crippen LogP contribution in [0.1, 0.15) is 53.9 Å². The lowest BCUT2D eigenvalue weighted by atomic mass is 10.2. The number of amides is 1. The zero-order valence-corrected chi connectivity index (χ0v) is 9.11. The molecule has 0 heterocycles. The Kier molecular flexibility index (Phi) is 12.2. The SMILES string of the molecule is CC.CCCCC(=O)NC(C)C. The summed E-state index contributed by atoms with van der Waals surface area (Å²) in [5.74, 6) is 0.178. The third kappa shape index (κ3) is 12.2. The Bertz CT molecular complexity index is 100. The van der Waals surface area contributed by atoms with Crippen molar-refractivity contribution in [3.63, 3.8) is 0 Å². The summed E-state index contributed by atoms with van der Waals surface area (Å²) >= 11 is 0. The van der Waals surface area contributed by atoms with Crippen molar-refractivity contribution in [3.05, 3.63) is 0 Å². The van der Waals surface area contributed by atoms with Gasteiger partial charge in [0.05, 0.1) is 0 Å². The molecule has 0 saturated carbocycles. The first-order valence-electron chi connectivity index (χ1n) is 4.96. The Balaban J connectivity index is 0. The molecule has 0 radical (unpaired) electrons. The summed E-state index contributed by atoms with van der Waals surface area (Å²) in [7, 11) is 0. The Morgan fingerprint density at radius 2 is 1.83 bits per heavy atom. The summed E-state index contributed by atoms with van der Waals surface area (Å²) in [5, 5.41) is 2.84. The number of rotatable bonds is 4. The van der Waals surface area contributed by atoms with Gasteiger partial charge in [-0.2, -0.15) is 0 Å². The van der Waals surface area contributed by atoms with Gasteiger partial charge in [-0.05, 0) is 20.3 Å². The largest absolute Gasteiger partial charge is 0.354 e. The molecule has 0 aliphatic rings. The monoisotopic (exact) mass is 173 g/mol. The van der Waals surface area contributed by atoms with Crippen molar-refractivity contribution in [2.75, 3.05) is 0 Å². The molecule has 0 aromatic heterocycles. The van der Waals surface area contributed by atoms with E-state index in [-0.39, 0.29) is 11.9 Å². The van der Waals surface area contributed by atoms with Crippen molar-refractivity contribution in [2.45, 2.75) is 59.9 Å². The number of unbranched alkanes of at least 4 members (excludes halogenated alkanes) is 1. The summed E-state index contributed by atoms with van der Waals surface area (Å²) in [4.78, 5) is 10.9. The van der Waals surface area contributed by atoms with Gasteiger partial charge in [-0.3, -0.25) is 4.79 Å². The van der Waals surface area contributed by atoms with E-state index < -0.39 is 0 Å². The van der Waals surface area contributed by atoms with Crippen molar-refractivity contribution < 1.29 is 4.79 Å². The first-order valence-corrected chi connectivity index (χ1v) is 4.96. The zero-order valence-electron chi connectivity index (χ0n) is 9.11. The predicted octanol–water partition coefficient (Wildman–Crippen LogP) is 2.73. The lowest BCUT2D eigenvalue weighted by Gasteiger charge is -2.06. The molecule has 0 aromatic rings. The first kappa shape index (κ1) is 14.0. The maximum Gasteiger partial charge on any atom is 0.220 e. The van der Waals surface area contributed by atoms with Gasteiger partial charge in [-0.1, -0.05) is 27.2 Å². The smallest absolute Gasteiger partial charge is 0.220 e. The van der Waals surface area contributed by atoms with Gasteiger partial charge < -0.3 is 5.32 Å². The van der Waals surface area contributed by atoms with Gasteiger partial charge in [-0.25, -0.2) is 0 Å². The first-order chi connectivity index (χ1) is 5.66. The molecule has 1 N–H and O–H groups in total. The summed E-state index contributed by atoms with van der Waals surface area (Å²) in [5.41, 5.74) is 0. The van der Waals surface area contributed by atoms with Crippen molar-refractivity contribution in [1.82, 2.24) is 5.32 Å². The number of nitrogens with one attached hydrogen (secondary N) is 1. The molecule has 0 aliphatic carbocycles. The van der Waals surface area contributed by atoms with E-state index >= 15 is 0 Å². The van der Waals surface area contributed by atoms with E-state index in [9.17, 15) is 4.79 Å². The number of carbonyl (C=O) groups is 1. The van der Waals surface area contributed by atoms with Crippen molar-refractivity contribution in [3.8, 4) is 0 Å². The van der Waals surface area contributed by atoms with Gasteiger partial charge in [0.2, 0.25) is 5.91 Å². The fourth-order valence-corrected chi connectivity index (χ4v) is 0.731. The van der Waals surface area contributed by atoms with Crippen LogP contribution in [0, 0.1) is 0 Å². The van der Waals surface area contributed by atoms with Crippen LogP contribution in [0.25, 0.3) is 0 Å². The highest BCUT2D eigenvalue weighted by Gasteiger charge is 2.00. The van der Waals surface area contributed by atoms with Crippen LogP contribution in [0.5, 0.6) is 0 Å². The van der Waals surface area contributed by atoms with Gasteiger partial charge in [-0.15, -0.1) is 0 Å². The second-order valence-electron chi connectivity index (χ2n) is 2.83. The highest BCUT2D eigenvalue weighted by molar-refractivity contribution is 5.76. The molecule has 0 atom stereocenters. The van der Waals surface area contributed by atoms with Crippen molar-refractivity contribution in [1.29, 1.82) is 0 Å². The van der Waals surface area contributed by atoms with Crippen LogP contribution in [-0.4, -0.2) is 11.9 Å². The number of hydrogen-bond donors (Lipinski definition) is 1. The van der Waals surface area contributed by atoms with Crippen LogP contribution in [0.2, 0.25) is 0 Å². The highest BCUT2D eigenvalue weighted by atomic mass is 16.1. The molecule has 0 fully saturated rings. The topological polar surface area (TPSA) is 29.1 Å². The zero-order chi connectivity index (χ0) is 9.98. The van der Waals surface area contributed by atoms with E-state index in [1.165, 1.54) is 0 Å². The second-order valence-corrected chi connectivity index (χ2v) is 2.83. The number of carbonyl (C=O) groups excluding carboxylic acids is 1. The van der Waals surface area contributed by atoms with E-state index in [0.29, 0.717) is 6.42 Å². The lowest BCUT2D eigenvalue weighted by Crippen LogP contribution is -2.29. The average Bonchev–Trinajstić information content (AvgIpc) is 2.03. The van der Waals surface area contributed by atoms with E-state index in [1.807, 2.05) is 27.7 Å². The van der Waals surface area contributed by atoms with Gasteiger partial charge in [0.1, 0.15) is 0 Å². The molecule has 0 aromatic carbocycles. The Morgan fingerprint density at radius 1 is 1.33 bits per heavy atom. The molecule has 0 rings (SSSR count). The molecule has 2 nitrogen and oxygen atoms in total. The van der Waals surface area contributed by atoms with Crippen LogP contribution >= 0.6 is 0 Å². The van der Waals surface area contributed by atoms with Gasteiger partial charge in [0.15, 0.2) is 0 Å². The second kappa shape index (κ2) is 10.5. The van der Waals surface area contributed by atoms with Crippen LogP contribution < -0.4 is 5.32 Å². The van der Waals surface area contributed by atoms with E-state index in [4.69, 9.17) is 0 Å². The molecule has 0 bridgehead atoms. The average molecular weight is 173 g/mol. The van der Waals surface area contributed by atoms with Crippen LogP contribution in [0.3, 0.4) is 0 Å². The van der Waals surface area contributed by atoms with E-state index in [2.05, 4.69) is 12.2 Å². The van der Waals surface area contributed by atoms with Gasteiger partial charge in [0.25, 0.3) is 0 Å². The molecule has 0 aliphatic heterocycles. The molecule has 74 valence electrons. The molecule has 0 saturated heterocycles. The molecule has 0 spiro atoms. The highest BCUT2D eigenvalue weighted by Crippen LogP contribution is 1.93. The minimum Gasteiger partial charge on any atom is -0.354 e. The summed E-state index contributed by atoms with van der Waals surface area (Å²) in [6, 6.07) is 0.282. The third-order valence-electron chi connectivity index (χ3n) is 1.21. The Hall–Kier alpha value is -0.530. The van der Waals surface area contributed by atoms with Crippen LogP contribution in [0.15, 0.2) is 0 Å². The third-order valence-corrected chi connectivity index (χ3v) is 1.21. The molecule has 2 heteroatoms. The molecule has 0 unspecified atom stereocenters. The Labute approximate surface area is 76.7 Å². The quantitative estimate of drug-likeness (QED) is 0.696. The maximum absolute atomic E-state index is 10.9. The molecular weight excluding hydrogens is 150 g/mol. The van der Waals surface area contributed by atoms with Gasteiger partial charge >= 0.3 is 0 Å². The van der Waals surface area contributed by atoms with E-state index in [1.54, 1.807) is 0 Å². The summed E-state index contributed by atoms with van der Waals surface area (Å²) in [6.45, 7) is 10.0. The lowest BCUT2D eigenvalue weighted by molar-refractivity contribution is -0.121. The molecular formula is C10H23NO. The maximum atomic E-state index is 10.9. The van der Waals surface area contributed by atoms with Crippen molar-refractivity contribution >= 4 is 5.91 Å². The van der Waals surface area contributed by atoms with Crippen LogP contribution in [-0.2, 0) is 4.79 Å². The number of hydrogen-bond acceptors (Lipinski definition) is 1. The minimum atomic E-state index is 0.178. The normalized spacial score (nSPS) is 8.83. The van der Waals surface area contributed by atoms with Crippen molar-refractivity contribution in [2.24, 2.45) is 0 Å². The summed E-state index contributed by atoms with van der Waals surface area (Å²) in [6.07, 6.45) is 2.76. The summed E-state index contributed by atoms with van der Waals surface area (Å²) < 4.78 is 0. The minimum absolute atomic E-state index is 0.178. The predicted molar refractivity (Wildman–Crippen MR) is 54.2 cm³/mol. The van der Waals surface area contributed by atoms with E-state index in [0.717, 1.165) is 12.8 Å².